The van der Waals surface area contributed by atoms with Gasteiger partial charge in [-0.3, -0.25) is 10.2 Å². The molecule has 0 unspecified atom stereocenters. The van der Waals surface area contributed by atoms with Crippen LogP contribution in [0.1, 0.15) is 36.2 Å². The minimum Gasteiger partial charge on any atom is -0.289 e. The van der Waals surface area contributed by atoms with Crippen molar-refractivity contribution < 1.29 is 4.79 Å². The number of rotatable bonds is 4. The molecule has 0 saturated carbocycles. The third-order valence-corrected chi connectivity index (χ3v) is 5.00. The lowest BCUT2D eigenvalue weighted by Gasteiger charge is -2.26. The molecule has 0 atom stereocenters. The highest BCUT2D eigenvalue weighted by molar-refractivity contribution is 5.81. The van der Waals surface area contributed by atoms with Crippen LogP contribution in [0.2, 0.25) is 0 Å². The third-order valence-electron chi connectivity index (χ3n) is 5.00. The van der Waals surface area contributed by atoms with Crippen molar-refractivity contribution in [2.75, 3.05) is 13.1 Å². The highest BCUT2D eigenvalue weighted by Gasteiger charge is 2.20. The number of carbonyl (C=O) groups is 1. The Balaban J connectivity index is 1.68. The molecule has 0 spiro atoms. The van der Waals surface area contributed by atoms with E-state index in [1.54, 1.807) is 4.52 Å². The molecular formula is C21H25N5O. The Morgan fingerprint density at radius 2 is 1.78 bits per heavy atom. The van der Waals surface area contributed by atoms with Crippen molar-refractivity contribution in [3.63, 3.8) is 0 Å². The number of hydrogen-bond acceptors (Lipinski definition) is 4. The number of carbonyl (C=O) groups excluding carboxylic acids is 1. The van der Waals surface area contributed by atoms with Gasteiger partial charge < -0.3 is 0 Å². The van der Waals surface area contributed by atoms with E-state index in [1.807, 2.05) is 24.1 Å². The Morgan fingerprint density at radius 3 is 2.52 bits per heavy atom. The van der Waals surface area contributed by atoms with E-state index in [-0.39, 0.29) is 12.3 Å². The molecule has 3 aromatic rings. The second kappa shape index (κ2) is 7.48. The van der Waals surface area contributed by atoms with Crippen molar-refractivity contribution in [2.24, 2.45) is 0 Å². The molecule has 4 rings (SSSR count). The summed E-state index contributed by atoms with van der Waals surface area (Å²) in [5.74, 6) is -0.0182. The van der Waals surface area contributed by atoms with Crippen LogP contribution in [0.3, 0.4) is 0 Å². The van der Waals surface area contributed by atoms with E-state index in [2.05, 4.69) is 41.7 Å². The van der Waals surface area contributed by atoms with Crippen LogP contribution in [-0.4, -0.2) is 38.6 Å². The average molecular weight is 363 g/mol. The van der Waals surface area contributed by atoms with Gasteiger partial charge in [0.1, 0.15) is 0 Å². The van der Waals surface area contributed by atoms with Gasteiger partial charge in [-0.05, 0) is 38.8 Å². The first kappa shape index (κ1) is 17.7. The summed E-state index contributed by atoms with van der Waals surface area (Å²) in [5, 5.41) is 6.63. The summed E-state index contributed by atoms with van der Waals surface area (Å²) >= 11 is 0. The topological polar surface area (TPSA) is 62.5 Å². The van der Waals surface area contributed by atoms with E-state index in [0.29, 0.717) is 0 Å². The van der Waals surface area contributed by atoms with E-state index in [4.69, 9.17) is 4.98 Å². The number of imidazole rings is 1. The first-order chi connectivity index (χ1) is 13.1. The lowest BCUT2D eigenvalue weighted by molar-refractivity contribution is -0.125. The Bertz CT molecular complexity index is 955. The molecule has 0 radical (unpaired) electrons. The fourth-order valence-corrected chi connectivity index (χ4v) is 3.55. The maximum absolute atomic E-state index is 12.7. The third kappa shape index (κ3) is 3.85. The lowest BCUT2D eigenvalue weighted by atomic mass is 10.1. The second-order valence-corrected chi connectivity index (χ2v) is 7.28. The molecule has 0 aliphatic carbocycles. The van der Waals surface area contributed by atoms with Crippen LogP contribution in [0.4, 0.5) is 0 Å². The number of hydrogen-bond donors (Lipinski definition) is 1. The monoisotopic (exact) mass is 363 g/mol. The first-order valence-corrected chi connectivity index (χ1v) is 9.57. The van der Waals surface area contributed by atoms with Crippen LogP contribution in [-0.2, 0) is 11.2 Å². The number of fused-ring (bicyclic) bond motifs is 1. The van der Waals surface area contributed by atoms with Crippen LogP contribution in [0.25, 0.3) is 16.9 Å². The maximum Gasteiger partial charge on any atom is 0.240 e. The van der Waals surface area contributed by atoms with Crippen molar-refractivity contribution in [2.45, 2.75) is 39.5 Å². The number of piperidine rings is 1. The number of aryl methyl sites for hydroxylation is 2. The van der Waals surface area contributed by atoms with Gasteiger partial charge in [-0.15, -0.1) is 0 Å². The molecule has 0 bridgehead atoms. The van der Waals surface area contributed by atoms with Crippen molar-refractivity contribution >= 4 is 11.6 Å². The van der Waals surface area contributed by atoms with E-state index >= 15 is 0 Å². The summed E-state index contributed by atoms with van der Waals surface area (Å²) in [7, 11) is 0. The van der Waals surface area contributed by atoms with E-state index in [1.165, 1.54) is 12.0 Å². The van der Waals surface area contributed by atoms with Crippen molar-refractivity contribution in [3.8, 4) is 11.3 Å². The summed E-state index contributed by atoms with van der Waals surface area (Å²) in [4.78, 5) is 17.5. The maximum atomic E-state index is 12.7. The van der Waals surface area contributed by atoms with Gasteiger partial charge >= 0.3 is 0 Å². The van der Waals surface area contributed by atoms with Gasteiger partial charge in [-0.25, -0.2) is 14.5 Å². The van der Waals surface area contributed by atoms with E-state index in [9.17, 15) is 4.79 Å². The predicted octanol–water partition coefficient (Wildman–Crippen LogP) is 3.07. The van der Waals surface area contributed by atoms with Crippen LogP contribution < -0.4 is 5.43 Å². The second-order valence-electron chi connectivity index (χ2n) is 7.28. The number of nitrogens with zero attached hydrogens (tertiary/aromatic N) is 4. The van der Waals surface area contributed by atoms with Crippen LogP contribution in [0, 0.1) is 13.8 Å². The predicted molar refractivity (Wildman–Crippen MR) is 105 cm³/mol. The molecule has 1 amide bonds. The Labute approximate surface area is 159 Å². The molecule has 3 heterocycles. The van der Waals surface area contributed by atoms with Gasteiger partial charge in [-0.1, -0.05) is 36.2 Å². The van der Waals surface area contributed by atoms with Crippen LogP contribution in [0.15, 0.2) is 36.4 Å². The molecule has 1 aliphatic heterocycles. The highest BCUT2D eigenvalue weighted by atomic mass is 16.2. The molecular weight excluding hydrogens is 338 g/mol. The fourth-order valence-electron chi connectivity index (χ4n) is 3.55. The molecule has 6 heteroatoms. The lowest BCUT2D eigenvalue weighted by Crippen LogP contribution is -2.45. The van der Waals surface area contributed by atoms with Crippen LogP contribution in [0.5, 0.6) is 0 Å². The average Bonchev–Trinajstić information content (AvgIpc) is 3.01. The zero-order valence-corrected chi connectivity index (χ0v) is 15.9. The van der Waals surface area contributed by atoms with Crippen LogP contribution >= 0.6 is 0 Å². The minimum absolute atomic E-state index is 0.0182. The first-order valence-electron chi connectivity index (χ1n) is 9.57. The van der Waals surface area contributed by atoms with E-state index in [0.717, 1.165) is 54.2 Å². The number of benzene rings is 1. The summed E-state index contributed by atoms with van der Waals surface area (Å²) in [5.41, 5.74) is 8.55. The SMILES string of the molecule is Cc1ccc(-c2nc3ccc(C)nn3c2CC(=O)NN2CCCCC2)cc1. The molecule has 1 fully saturated rings. The van der Waals surface area contributed by atoms with Gasteiger partial charge in [-0.2, -0.15) is 5.10 Å². The number of hydrazine groups is 1. The quantitative estimate of drug-likeness (QED) is 0.774. The Hall–Kier alpha value is -2.73. The summed E-state index contributed by atoms with van der Waals surface area (Å²) in [6.07, 6.45) is 3.74. The van der Waals surface area contributed by atoms with Gasteiger partial charge in [0.15, 0.2) is 5.65 Å². The van der Waals surface area contributed by atoms with Gasteiger partial charge in [0.05, 0.1) is 23.5 Å². The molecule has 6 nitrogen and oxygen atoms in total. The zero-order chi connectivity index (χ0) is 18.8. The normalized spacial score (nSPS) is 15.2. The van der Waals surface area contributed by atoms with Crippen molar-refractivity contribution in [3.05, 3.63) is 53.3 Å². The standard InChI is InChI=1S/C21H25N5O/c1-15-6-9-17(10-7-15)21-18(26-19(22-21)11-8-16(2)23-26)14-20(27)24-25-12-4-3-5-13-25/h6-11H,3-5,12-14H2,1-2H3,(H,24,27). The summed E-state index contributed by atoms with van der Waals surface area (Å²) in [6, 6.07) is 12.1. The van der Waals surface area contributed by atoms with Gasteiger partial charge in [0.25, 0.3) is 0 Å². The molecule has 140 valence electrons. The minimum atomic E-state index is -0.0182. The fraction of sp³-hybridized carbons (Fsp3) is 0.381. The summed E-state index contributed by atoms with van der Waals surface area (Å²) < 4.78 is 1.81. The highest BCUT2D eigenvalue weighted by Crippen LogP contribution is 2.25. The molecule has 1 aromatic carbocycles. The van der Waals surface area contributed by atoms with E-state index < -0.39 is 0 Å². The smallest absolute Gasteiger partial charge is 0.240 e. The number of amides is 1. The molecule has 1 aliphatic rings. The van der Waals surface area contributed by atoms with Gasteiger partial charge in [0.2, 0.25) is 5.91 Å². The van der Waals surface area contributed by atoms with Gasteiger partial charge in [0, 0.05) is 18.7 Å². The number of nitrogens with one attached hydrogen (secondary N) is 1. The largest absolute Gasteiger partial charge is 0.289 e. The Morgan fingerprint density at radius 1 is 1.04 bits per heavy atom. The molecule has 2 aromatic heterocycles. The van der Waals surface area contributed by atoms with Crippen molar-refractivity contribution in [1.29, 1.82) is 0 Å². The summed E-state index contributed by atoms with van der Waals surface area (Å²) in [6.45, 7) is 5.84. The molecule has 1 N–H and O–H groups in total. The zero-order valence-electron chi connectivity index (χ0n) is 15.9. The molecule has 1 saturated heterocycles. The number of aromatic nitrogens is 3. The van der Waals surface area contributed by atoms with Crippen molar-refractivity contribution in [1.82, 2.24) is 25.0 Å². The molecule has 27 heavy (non-hydrogen) atoms. The Kier molecular flexibility index (Phi) is 4.90.